The van der Waals surface area contributed by atoms with E-state index in [9.17, 15) is 14.4 Å². The summed E-state index contributed by atoms with van der Waals surface area (Å²) in [6.45, 7) is 7.41. The largest absolute Gasteiger partial charge is 0.490 e. The fourth-order valence-electron chi connectivity index (χ4n) is 3.38. The lowest BCUT2D eigenvalue weighted by Crippen LogP contribution is -2.44. The van der Waals surface area contributed by atoms with Gasteiger partial charge in [0.15, 0.2) is 11.5 Å². The monoisotopic (exact) mass is 508 g/mol. The van der Waals surface area contributed by atoms with Gasteiger partial charge in [0.25, 0.3) is 11.1 Å². The van der Waals surface area contributed by atoms with E-state index in [0.717, 1.165) is 35.9 Å². The number of carbonyl (C=O) groups is 3. The first kappa shape index (κ1) is 23.4. The van der Waals surface area contributed by atoms with Gasteiger partial charge >= 0.3 is 0 Å². The van der Waals surface area contributed by atoms with Crippen LogP contribution < -0.4 is 9.47 Å². The van der Waals surface area contributed by atoms with Gasteiger partial charge in [-0.3, -0.25) is 19.3 Å². The lowest BCUT2D eigenvalue weighted by molar-refractivity contribution is -0.136. The Hall–Kier alpha value is -2.26. The smallest absolute Gasteiger partial charge is 0.294 e. The molecule has 166 valence electrons. The molecule has 2 saturated heterocycles. The Morgan fingerprint density at radius 1 is 1.23 bits per heavy atom. The highest BCUT2D eigenvalue weighted by Gasteiger charge is 2.37. The van der Waals surface area contributed by atoms with Crippen LogP contribution in [0.1, 0.15) is 31.7 Å². The van der Waals surface area contributed by atoms with E-state index < -0.39 is 11.1 Å². The molecule has 0 N–H and O–H groups in total. The molecular formula is C22H25BrN2O5S. The number of hydrogen-bond donors (Lipinski definition) is 0. The number of carbonyl (C=O) groups excluding carboxylic acids is 3. The maximum absolute atomic E-state index is 12.8. The Morgan fingerprint density at radius 3 is 2.65 bits per heavy atom. The number of benzene rings is 1. The maximum Gasteiger partial charge on any atom is 0.294 e. The van der Waals surface area contributed by atoms with Gasteiger partial charge in [-0.15, -0.1) is 0 Å². The second-order valence-corrected chi connectivity index (χ2v) is 8.92. The minimum Gasteiger partial charge on any atom is -0.490 e. The fourth-order valence-corrected chi connectivity index (χ4v) is 4.80. The van der Waals surface area contributed by atoms with E-state index in [4.69, 9.17) is 9.47 Å². The molecule has 2 aliphatic heterocycles. The third-order valence-corrected chi connectivity index (χ3v) is 6.35. The van der Waals surface area contributed by atoms with Crippen molar-refractivity contribution in [3.8, 4) is 11.5 Å². The Bertz CT molecular complexity index is 911. The van der Waals surface area contributed by atoms with Crippen LogP contribution in [0.2, 0.25) is 0 Å². The van der Waals surface area contributed by atoms with Gasteiger partial charge in [0.05, 0.1) is 16.0 Å². The van der Waals surface area contributed by atoms with E-state index in [2.05, 4.69) is 22.5 Å². The Balaban J connectivity index is 1.78. The average molecular weight is 509 g/mol. The van der Waals surface area contributed by atoms with Crippen LogP contribution in [-0.2, 0) is 9.59 Å². The molecule has 0 aromatic heterocycles. The molecule has 9 heteroatoms. The van der Waals surface area contributed by atoms with Gasteiger partial charge in [0, 0.05) is 13.1 Å². The van der Waals surface area contributed by atoms with Gasteiger partial charge in [-0.2, -0.15) is 0 Å². The summed E-state index contributed by atoms with van der Waals surface area (Å²) in [5.41, 5.74) is 0.675. The Kier molecular flexibility index (Phi) is 8.20. The minimum atomic E-state index is -0.457. The van der Waals surface area contributed by atoms with Gasteiger partial charge in [-0.25, -0.2) is 0 Å². The quantitative estimate of drug-likeness (QED) is 0.381. The summed E-state index contributed by atoms with van der Waals surface area (Å²) < 4.78 is 12.0. The highest BCUT2D eigenvalue weighted by molar-refractivity contribution is 9.10. The molecule has 2 heterocycles. The van der Waals surface area contributed by atoms with Gasteiger partial charge in [-0.05, 0) is 77.7 Å². The summed E-state index contributed by atoms with van der Waals surface area (Å²) in [5, 5.41) is -0.434. The van der Waals surface area contributed by atoms with E-state index in [-0.39, 0.29) is 17.4 Å². The highest BCUT2D eigenvalue weighted by atomic mass is 79.9. The number of amides is 3. The zero-order valence-electron chi connectivity index (χ0n) is 17.4. The summed E-state index contributed by atoms with van der Waals surface area (Å²) in [6, 6.07) is 3.54. The van der Waals surface area contributed by atoms with Gasteiger partial charge in [0.1, 0.15) is 13.2 Å². The molecule has 0 spiro atoms. The van der Waals surface area contributed by atoms with Gasteiger partial charge < -0.3 is 14.4 Å². The molecule has 7 nitrogen and oxygen atoms in total. The standard InChI is InChI=1S/C22H25BrN2O5S/c1-3-10-30-20-16(23)11-15(12-17(20)29-4-2)13-18-21(27)25(22(28)31-18)14-19(26)24-8-6-5-7-9-24/h3,11-13H,1,4-10,14H2,2H3/b18-13-. The SMILES string of the molecule is C=CCOc1c(Br)cc(/C=C2\SC(=O)N(CC(=O)N3CCCCC3)C2=O)cc1OCC. The van der Waals surface area contributed by atoms with Crippen molar-refractivity contribution in [2.24, 2.45) is 0 Å². The number of imide groups is 1. The zero-order chi connectivity index (χ0) is 22.4. The normalized spacial score (nSPS) is 17.9. The summed E-state index contributed by atoms with van der Waals surface area (Å²) in [5.74, 6) is 0.415. The molecule has 0 radical (unpaired) electrons. The number of nitrogens with zero attached hydrogens (tertiary/aromatic N) is 2. The van der Waals surface area contributed by atoms with Crippen LogP contribution >= 0.6 is 27.7 Å². The van der Waals surface area contributed by atoms with Gasteiger partial charge in [0.2, 0.25) is 5.91 Å². The summed E-state index contributed by atoms with van der Waals surface area (Å²) in [7, 11) is 0. The first-order valence-electron chi connectivity index (χ1n) is 10.2. The summed E-state index contributed by atoms with van der Waals surface area (Å²) >= 11 is 4.31. The van der Waals surface area contributed by atoms with Crippen molar-refractivity contribution in [3.63, 3.8) is 0 Å². The summed E-state index contributed by atoms with van der Waals surface area (Å²) in [4.78, 5) is 40.7. The van der Waals surface area contributed by atoms with E-state index in [1.807, 2.05) is 6.92 Å². The molecule has 0 unspecified atom stereocenters. The number of piperidine rings is 1. The molecule has 0 atom stereocenters. The Labute approximate surface area is 194 Å². The van der Waals surface area contributed by atoms with Crippen LogP contribution in [0, 0.1) is 0 Å². The number of thioether (sulfide) groups is 1. The fraction of sp³-hybridized carbons (Fsp3) is 0.409. The molecule has 1 aromatic carbocycles. The number of likely N-dealkylation sites (tertiary alicyclic amines) is 1. The van der Waals surface area contributed by atoms with Crippen LogP contribution in [-0.4, -0.2) is 59.7 Å². The molecular weight excluding hydrogens is 484 g/mol. The van der Waals surface area contributed by atoms with Crippen LogP contribution in [0.25, 0.3) is 6.08 Å². The average Bonchev–Trinajstić information content (AvgIpc) is 3.01. The molecule has 2 fully saturated rings. The Morgan fingerprint density at radius 2 is 1.97 bits per heavy atom. The maximum atomic E-state index is 12.8. The van der Waals surface area contributed by atoms with Crippen molar-refractivity contribution in [1.29, 1.82) is 0 Å². The topological polar surface area (TPSA) is 76.2 Å². The molecule has 0 aliphatic carbocycles. The zero-order valence-corrected chi connectivity index (χ0v) is 19.8. The molecule has 0 saturated carbocycles. The van der Waals surface area contributed by atoms with Crippen molar-refractivity contribution in [3.05, 3.63) is 39.7 Å². The predicted octanol–water partition coefficient (Wildman–Crippen LogP) is 4.46. The molecule has 2 aliphatic rings. The molecule has 0 bridgehead atoms. The summed E-state index contributed by atoms with van der Waals surface area (Å²) in [6.07, 6.45) is 6.27. The number of hydrogen-bond acceptors (Lipinski definition) is 6. The van der Waals surface area contributed by atoms with Crippen molar-refractivity contribution in [1.82, 2.24) is 9.80 Å². The van der Waals surface area contributed by atoms with Gasteiger partial charge in [-0.1, -0.05) is 12.7 Å². The third kappa shape index (κ3) is 5.71. The van der Waals surface area contributed by atoms with E-state index >= 15 is 0 Å². The molecule has 1 aromatic rings. The highest BCUT2D eigenvalue weighted by Crippen LogP contribution is 2.39. The van der Waals surface area contributed by atoms with Crippen molar-refractivity contribution < 1.29 is 23.9 Å². The lowest BCUT2D eigenvalue weighted by atomic mass is 10.1. The number of ether oxygens (including phenoxy) is 2. The second kappa shape index (κ2) is 10.9. The van der Waals surface area contributed by atoms with Crippen LogP contribution in [0.5, 0.6) is 11.5 Å². The first-order valence-corrected chi connectivity index (χ1v) is 11.8. The van der Waals surface area contributed by atoms with Crippen LogP contribution in [0.15, 0.2) is 34.2 Å². The molecule has 31 heavy (non-hydrogen) atoms. The first-order chi connectivity index (χ1) is 14.9. The lowest BCUT2D eigenvalue weighted by Gasteiger charge is -2.27. The third-order valence-electron chi connectivity index (χ3n) is 4.85. The second-order valence-electron chi connectivity index (χ2n) is 7.07. The minimum absolute atomic E-state index is 0.187. The van der Waals surface area contributed by atoms with E-state index in [0.29, 0.717) is 47.8 Å². The number of halogens is 1. The van der Waals surface area contributed by atoms with E-state index in [1.165, 1.54) is 0 Å². The molecule has 3 amide bonds. The van der Waals surface area contributed by atoms with E-state index in [1.54, 1.807) is 29.2 Å². The van der Waals surface area contributed by atoms with Crippen molar-refractivity contribution in [2.75, 3.05) is 32.8 Å². The predicted molar refractivity (Wildman–Crippen MR) is 124 cm³/mol. The van der Waals surface area contributed by atoms with Crippen LogP contribution in [0.3, 0.4) is 0 Å². The van der Waals surface area contributed by atoms with Crippen molar-refractivity contribution in [2.45, 2.75) is 26.2 Å². The van der Waals surface area contributed by atoms with Crippen LogP contribution in [0.4, 0.5) is 4.79 Å². The molecule has 3 rings (SSSR count). The van der Waals surface area contributed by atoms with Crippen molar-refractivity contribution >= 4 is 50.8 Å². The number of rotatable bonds is 8.